The topological polar surface area (TPSA) is 63.2 Å². The van der Waals surface area contributed by atoms with E-state index in [0.29, 0.717) is 12.8 Å². The van der Waals surface area contributed by atoms with Crippen molar-refractivity contribution in [3.8, 4) is 0 Å². The van der Waals surface area contributed by atoms with Gasteiger partial charge < -0.3 is 5.32 Å². The normalized spacial score (nSPS) is 18.9. The minimum absolute atomic E-state index is 0.0393. The summed E-state index contributed by atoms with van der Waals surface area (Å²) in [6, 6.07) is 8.13. The first-order valence-corrected chi connectivity index (χ1v) is 9.50. The van der Waals surface area contributed by atoms with Crippen LogP contribution in [0.4, 0.5) is 0 Å². The summed E-state index contributed by atoms with van der Waals surface area (Å²) in [6.45, 7) is 4.02. The number of hydrogen-bond donors (Lipinski definition) is 1. The Labute approximate surface area is 132 Å². The average molecular weight is 321 g/mol. The maximum absolute atomic E-state index is 12.0. The molecule has 0 aromatic heterocycles. The van der Waals surface area contributed by atoms with Crippen LogP contribution < -0.4 is 5.32 Å². The number of aryl methyl sites for hydroxylation is 1. The Balaban J connectivity index is 1.94. The molecule has 0 unspecified atom stereocenters. The fraction of sp³-hybridized carbons (Fsp3) is 0.471. The predicted octanol–water partition coefficient (Wildman–Crippen LogP) is 2.35. The van der Waals surface area contributed by atoms with Crippen molar-refractivity contribution in [2.24, 2.45) is 0 Å². The van der Waals surface area contributed by atoms with E-state index < -0.39 is 9.84 Å². The Morgan fingerprint density at radius 3 is 2.36 bits per heavy atom. The summed E-state index contributed by atoms with van der Waals surface area (Å²) in [5, 5.41) is 2.90. The van der Waals surface area contributed by atoms with E-state index in [1.54, 1.807) is 6.08 Å². The van der Waals surface area contributed by atoms with Gasteiger partial charge in [-0.25, -0.2) is 8.42 Å². The molecule has 1 N–H and O–H groups in total. The molecule has 0 aliphatic carbocycles. The van der Waals surface area contributed by atoms with Gasteiger partial charge in [0.2, 0.25) is 5.91 Å². The second-order valence-corrected chi connectivity index (χ2v) is 8.12. The average Bonchev–Trinajstić information content (AvgIpc) is 2.49. The predicted molar refractivity (Wildman–Crippen MR) is 89.3 cm³/mol. The molecule has 1 aliphatic heterocycles. The van der Waals surface area contributed by atoms with Gasteiger partial charge in [-0.2, -0.15) is 0 Å². The van der Waals surface area contributed by atoms with E-state index in [4.69, 9.17) is 0 Å². The molecule has 1 aliphatic rings. The van der Waals surface area contributed by atoms with E-state index in [1.807, 2.05) is 19.1 Å². The Morgan fingerprint density at radius 1 is 1.23 bits per heavy atom. The number of hydrogen-bond acceptors (Lipinski definition) is 3. The third kappa shape index (κ3) is 4.70. The van der Waals surface area contributed by atoms with Crippen LogP contribution in [0.15, 0.2) is 30.3 Å². The van der Waals surface area contributed by atoms with Crippen LogP contribution in [0.1, 0.15) is 37.8 Å². The fourth-order valence-electron chi connectivity index (χ4n) is 2.56. The molecular formula is C17H23NO3S. The molecule has 1 aromatic carbocycles. The van der Waals surface area contributed by atoms with Crippen LogP contribution in [0, 0.1) is 0 Å². The number of allylic oxidation sites excluding steroid dienone is 1. The number of benzene rings is 1. The van der Waals surface area contributed by atoms with Gasteiger partial charge in [0.05, 0.1) is 11.5 Å². The van der Waals surface area contributed by atoms with Gasteiger partial charge in [0.15, 0.2) is 0 Å². The van der Waals surface area contributed by atoms with Crippen LogP contribution in [0.2, 0.25) is 0 Å². The summed E-state index contributed by atoms with van der Waals surface area (Å²) < 4.78 is 22.7. The molecule has 1 aromatic rings. The quantitative estimate of drug-likeness (QED) is 0.866. The zero-order valence-corrected chi connectivity index (χ0v) is 13.9. The van der Waals surface area contributed by atoms with E-state index in [0.717, 1.165) is 17.6 Å². The van der Waals surface area contributed by atoms with Crippen molar-refractivity contribution in [1.82, 2.24) is 5.32 Å². The standard InChI is InChI=1S/C17H23NO3S/c1-3-14-4-6-15(7-5-14)13(2)12-17(19)18-16-8-10-22(20,21)11-9-16/h4-7,12,16H,3,8-11H2,1-2H3,(H,18,19)/b13-12+. The molecule has 1 amide bonds. The van der Waals surface area contributed by atoms with E-state index in [9.17, 15) is 13.2 Å². The van der Waals surface area contributed by atoms with Gasteiger partial charge in [0.25, 0.3) is 0 Å². The summed E-state index contributed by atoms with van der Waals surface area (Å²) in [5.74, 6) is 0.180. The zero-order valence-electron chi connectivity index (χ0n) is 13.1. The molecule has 0 saturated carbocycles. The van der Waals surface area contributed by atoms with E-state index in [2.05, 4.69) is 24.4 Å². The van der Waals surface area contributed by atoms with E-state index in [1.165, 1.54) is 5.56 Å². The van der Waals surface area contributed by atoms with E-state index >= 15 is 0 Å². The largest absolute Gasteiger partial charge is 0.350 e. The highest BCUT2D eigenvalue weighted by molar-refractivity contribution is 7.91. The summed E-state index contributed by atoms with van der Waals surface area (Å²) in [4.78, 5) is 12.0. The van der Waals surface area contributed by atoms with Gasteiger partial charge in [-0.1, -0.05) is 31.2 Å². The molecule has 2 rings (SSSR count). The van der Waals surface area contributed by atoms with Gasteiger partial charge in [-0.15, -0.1) is 0 Å². The molecule has 1 fully saturated rings. The van der Waals surface area contributed by atoms with Crippen LogP contribution >= 0.6 is 0 Å². The molecule has 0 atom stereocenters. The minimum Gasteiger partial charge on any atom is -0.350 e. The molecule has 0 bridgehead atoms. The molecule has 0 spiro atoms. The van der Waals surface area contributed by atoms with Crippen LogP contribution in [0.5, 0.6) is 0 Å². The molecule has 5 heteroatoms. The maximum atomic E-state index is 12.0. The Hall–Kier alpha value is -1.62. The lowest BCUT2D eigenvalue weighted by Gasteiger charge is -2.22. The van der Waals surface area contributed by atoms with Crippen molar-refractivity contribution in [2.45, 2.75) is 39.2 Å². The number of amides is 1. The number of sulfone groups is 1. The first kappa shape index (κ1) is 16.7. The fourth-order valence-corrected chi connectivity index (χ4v) is 4.05. The number of rotatable bonds is 4. The zero-order chi connectivity index (χ0) is 16.2. The Kier molecular flexibility index (Phi) is 5.40. The van der Waals surface area contributed by atoms with Gasteiger partial charge in [-0.3, -0.25) is 4.79 Å². The van der Waals surface area contributed by atoms with Crippen LogP contribution in [-0.4, -0.2) is 31.9 Å². The lowest BCUT2D eigenvalue weighted by Crippen LogP contribution is -2.40. The number of carbonyl (C=O) groups is 1. The highest BCUT2D eigenvalue weighted by Crippen LogP contribution is 2.16. The molecule has 1 saturated heterocycles. The third-order valence-electron chi connectivity index (χ3n) is 4.07. The highest BCUT2D eigenvalue weighted by Gasteiger charge is 2.24. The summed E-state index contributed by atoms with van der Waals surface area (Å²) >= 11 is 0. The Morgan fingerprint density at radius 2 is 1.82 bits per heavy atom. The molecule has 1 heterocycles. The summed E-state index contributed by atoms with van der Waals surface area (Å²) in [5.41, 5.74) is 3.20. The molecule has 4 nitrogen and oxygen atoms in total. The SMILES string of the molecule is CCc1ccc(/C(C)=C/C(=O)NC2CCS(=O)(=O)CC2)cc1. The van der Waals surface area contributed by atoms with Crippen molar-refractivity contribution >= 4 is 21.3 Å². The van der Waals surface area contributed by atoms with Gasteiger partial charge >= 0.3 is 0 Å². The lowest BCUT2D eigenvalue weighted by molar-refractivity contribution is -0.117. The van der Waals surface area contributed by atoms with Crippen molar-refractivity contribution < 1.29 is 13.2 Å². The molecule has 120 valence electrons. The van der Waals surface area contributed by atoms with Crippen molar-refractivity contribution in [1.29, 1.82) is 0 Å². The van der Waals surface area contributed by atoms with Crippen molar-refractivity contribution in [3.05, 3.63) is 41.5 Å². The number of carbonyl (C=O) groups excluding carboxylic acids is 1. The smallest absolute Gasteiger partial charge is 0.244 e. The van der Waals surface area contributed by atoms with E-state index in [-0.39, 0.29) is 23.5 Å². The van der Waals surface area contributed by atoms with Gasteiger partial charge in [0.1, 0.15) is 9.84 Å². The van der Waals surface area contributed by atoms with Crippen molar-refractivity contribution in [2.75, 3.05) is 11.5 Å². The Bertz CT molecular complexity index is 646. The van der Waals surface area contributed by atoms with Crippen LogP contribution in [0.25, 0.3) is 5.57 Å². The third-order valence-corrected chi connectivity index (χ3v) is 5.78. The summed E-state index contributed by atoms with van der Waals surface area (Å²) in [6.07, 6.45) is 3.59. The first-order chi connectivity index (χ1) is 10.4. The summed E-state index contributed by atoms with van der Waals surface area (Å²) in [7, 11) is -2.89. The molecule has 22 heavy (non-hydrogen) atoms. The molecular weight excluding hydrogens is 298 g/mol. The monoisotopic (exact) mass is 321 g/mol. The lowest BCUT2D eigenvalue weighted by atomic mass is 10.0. The molecule has 0 radical (unpaired) electrons. The second-order valence-electron chi connectivity index (χ2n) is 5.81. The number of nitrogens with one attached hydrogen (secondary N) is 1. The second kappa shape index (κ2) is 7.09. The minimum atomic E-state index is -2.89. The van der Waals surface area contributed by atoms with Crippen LogP contribution in [0.3, 0.4) is 0 Å². The van der Waals surface area contributed by atoms with Gasteiger partial charge in [-0.05, 0) is 42.9 Å². The van der Waals surface area contributed by atoms with Crippen LogP contribution in [-0.2, 0) is 21.1 Å². The first-order valence-electron chi connectivity index (χ1n) is 7.68. The van der Waals surface area contributed by atoms with Gasteiger partial charge in [0, 0.05) is 12.1 Å². The van der Waals surface area contributed by atoms with Crippen molar-refractivity contribution in [3.63, 3.8) is 0 Å². The maximum Gasteiger partial charge on any atom is 0.244 e. The highest BCUT2D eigenvalue weighted by atomic mass is 32.2.